The Morgan fingerprint density at radius 2 is 2.16 bits per heavy atom. The van der Waals surface area contributed by atoms with Crippen LogP contribution in [0.3, 0.4) is 0 Å². The average molecular weight is 328 g/mol. The van der Waals surface area contributed by atoms with Gasteiger partial charge in [0.15, 0.2) is 0 Å². The van der Waals surface area contributed by atoms with Gasteiger partial charge in [-0.05, 0) is 54.9 Å². The van der Waals surface area contributed by atoms with Crippen LogP contribution in [0.15, 0.2) is 22.7 Å². The Labute approximate surface area is 120 Å². The number of amides is 1. The van der Waals surface area contributed by atoms with Crippen molar-refractivity contribution in [2.45, 2.75) is 26.4 Å². The highest BCUT2D eigenvalue weighted by atomic mass is 79.9. The van der Waals surface area contributed by atoms with E-state index in [4.69, 9.17) is 4.74 Å². The Kier molecular flexibility index (Phi) is 5.37. The minimum Gasteiger partial charge on any atom is -0.444 e. The summed E-state index contributed by atoms with van der Waals surface area (Å²) in [5, 5.41) is 2.52. The van der Waals surface area contributed by atoms with Crippen LogP contribution in [0.1, 0.15) is 26.3 Å². The normalized spacial score (nSPS) is 10.4. The summed E-state index contributed by atoms with van der Waals surface area (Å²) in [7, 11) is 0. The van der Waals surface area contributed by atoms with E-state index >= 15 is 0 Å². The number of halogens is 2. The molecule has 0 saturated carbocycles. The summed E-state index contributed by atoms with van der Waals surface area (Å²) < 4.78 is 18.5. The molecule has 0 bridgehead atoms. The topological polar surface area (TPSA) is 38.3 Å². The zero-order valence-corrected chi connectivity index (χ0v) is 12.6. The predicted molar refractivity (Wildman–Crippen MR) is 75.2 cm³/mol. The number of carbonyl (C=O) groups is 1. The number of rotatable bonds is 1. The number of hydrogen-bond acceptors (Lipinski definition) is 2. The molecular weight excluding hydrogens is 313 g/mol. The second-order valence-corrected chi connectivity index (χ2v) is 5.64. The van der Waals surface area contributed by atoms with E-state index in [1.54, 1.807) is 26.8 Å². The van der Waals surface area contributed by atoms with Gasteiger partial charge in [0.25, 0.3) is 0 Å². The van der Waals surface area contributed by atoms with Crippen LogP contribution in [-0.2, 0) is 4.74 Å². The molecule has 0 spiro atoms. The van der Waals surface area contributed by atoms with Gasteiger partial charge in [0, 0.05) is 10.0 Å². The van der Waals surface area contributed by atoms with Crippen LogP contribution in [0.2, 0.25) is 0 Å². The quantitative estimate of drug-likeness (QED) is 0.802. The largest absolute Gasteiger partial charge is 0.444 e. The molecule has 0 fully saturated rings. The first-order valence-corrected chi connectivity index (χ1v) is 6.48. The Morgan fingerprint density at radius 1 is 1.47 bits per heavy atom. The van der Waals surface area contributed by atoms with Crippen LogP contribution < -0.4 is 5.32 Å². The predicted octanol–water partition coefficient (Wildman–Crippen LogP) is 3.46. The van der Waals surface area contributed by atoms with Gasteiger partial charge in [-0.15, -0.1) is 0 Å². The van der Waals surface area contributed by atoms with Crippen LogP contribution in [0, 0.1) is 17.7 Å². The van der Waals surface area contributed by atoms with E-state index in [1.807, 2.05) is 0 Å². The van der Waals surface area contributed by atoms with Gasteiger partial charge in [-0.2, -0.15) is 0 Å². The molecule has 0 aromatic heterocycles. The van der Waals surface area contributed by atoms with Crippen molar-refractivity contribution >= 4 is 22.0 Å². The third-order valence-electron chi connectivity index (χ3n) is 1.87. The third kappa shape index (κ3) is 6.25. The Bertz CT molecular complexity index is 526. The van der Waals surface area contributed by atoms with Gasteiger partial charge in [-0.25, -0.2) is 9.18 Å². The van der Waals surface area contributed by atoms with Crippen molar-refractivity contribution in [2.24, 2.45) is 0 Å². The van der Waals surface area contributed by atoms with Crippen molar-refractivity contribution in [3.05, 3.63) is 34.1 Å². The standard InChI is InChI=1S/C14H15BrFNO2/c1-14(2,3)19-13(18)17-8-4-5-10-6-7-11(16)9-12(10)15/h6-7,9H,8H2,1-3H3,(H,17,18). The second kappa shape index (κ2) is 6.58. The number of carbonyl (C=O) groups excluding carboxylic acids is 1. The first kappa shape index (κ1) is 15.5. The zero-order chi connectivity index (χ0) is 14.5. The highest BCUT2D eigenvalue weighted by molar-refractivity contribution is 9.10. The summed E-state index contributed by atoms with van der Waals surface area (Å²) in [6.45, 7) is 5.52. The molecule has 5 heteroatoms. The number of ether oxygens (including phenoxy) is 1. The average Bonchev–Trinajstić information content (AvgIpc) is 2.24. The molecule has 0 radical (unpaired) electrons. The molecule has 3 nitrogen and oxygen atoms in total. The monoisotopic (exact) mass is 327 g/mol. The van der Waals surface area contributed by atoms with Crippen LogP contribution in [-0.4, -0.2) is 18.2 Å². The minimum atomic E-state index is -0.530. The third-order valence-corrected chi connectivity index (χ3v) is 2.53. The molecule has 1 amide bonds. The summed E-state index contributed by atoms with van der Waals surface area (Å²) >= 11 is 3.21. The van der Waals surface area contributed by atoms with E-state index < -0.39 is 11.7 Å². The van der Waals surface area contributed by atoms with Gasteiger partial charge in [0.05, 0.1) is 6.54 Å². The number of hydrogen-bond donors (Lipinski definition) is 1. The number of alkyl carbamates (subject to hydrolysis) is 1. The van der Waals surface area contributed by atoms with Crippen LogP contribution in [0.5, 0.6) is 0 Å². The van der Waals surface area contributed by atoms with E-state index in [0.717, 1.165) is 0 Å². The molecule has 102 valence electrons. The molecular formula is C14H15BrFNO2. The van der Waals surface area contributed by atoms with Gasteiger partial charge in [-0.1, -0.05) is 11.8 Å². The Balaban J connectivity index is 2.50. The molecule has 0 unspecified atom stereocenters. The van der Waals surface area contributed by atoms with E-state index in [-0.39, 0.29) is 12.4 Å². The van der Waals surface area contributed by atoms with E-state index in [2.05, 4.69) is 33.1 Å². The van der Waals surface area contributed by atoms with E-state index in [0.29, 0.717) is 10.0 Å². The molecule has 0 aliphatic heterocycles. The van der Waals surface area contributed by atoms with Gasteiger partial charge in [0.2, 0.25) is 0 Å². The Morgan fingerprint density at radius 3 is 2.74 bits per heavy atom. The van der Waals surface area contributed by atoms with Crippen molar-refractivity contribution in [2.75, 3.05) is 6.54 Å². The fourth-order valence-electron chi connectivity index (χ4n) is 1.16. The Hall–Kier alpha value is -1.54. The maximum atomic E-state index is 12.8. The minimum absolute atomic E-state index is 0.165. The molecule has 0 aliphatic rings. The van der Waals surface area contributed by atoms with Gasteiger partial charge in [0.1, 0.15) is 11.4 Å². The highest BCUT2D eigenvalue weighted by Crippen LogP contribution is 2.16. The second-order valence-electron chi connectivity index (χ2n) is 4.78. The number of nitrogens with one attached hydrogen (secondary N) is 1. The van der Waals surface area contributed by atoms with Crippen molar-refractivity contribution in [3.8, 4) is 11.8 Å². The molecule has 1 aromatic rings. The lowest BCUT2D eigenvalue weighted by Crippen LogP contribution is -2.32. The van der Waals surface area contributed by atoms with Crippen LogP contribution in [0.4, 0.5) is 9.18 Å². The van der Waals surface area contributed by atoms with Crippen molar-refractivity contribution in [1.82, 2.24) is 5.32 Å². The summed E-state index contributed by atoms with van der Waals surface area (Å²) in [4.78, 5) is 11.3. The fraction of sp³-hybridized carbons (Fsp3) is 0.357. The first-order valence-electron chi connectivity index (χ1n) is 5.69. The molecule has 0 aliphatic carbocycles. The fourth-order valence-corrected chi connectivity index (χ4v) is 1.61. The lowest BCUT2D eigenvalue weighted by atomic mass is 10.2. The molecule has 0 heterocycles. The number of benzene rings is 1. The molecule has 0 saturated heterocycles. The van der Waals surface area contributed by atoms with Crippen LogP contribution >= 0.6 is 15.9 Å². The van der Waals surface area contributed by atoms with Gasteiger partial charge >= 0.3 is 6.09 Å². The van der Waals surface area contributed by atoms with Crippen molar-refractivity contribution < 1.29 is 13.9 Å². The lowest BCUT2D eigenvalue weighted by Gasteiger charge is -2.18. The molecule has 1 aromatic carbocycles. The summed E-state index contributed by atoms with van der Waals surface area (Å²) in [5.41, 5.74) is 0.129. The SMILES string of the molecule is CC(C)(C)OC(=O)NCC#Cc1ccc(F)cc1Br. The van der Waals surface area contributed by atoms with Crippen LogP contribution in [0.25, 0.3) is 0 Å². The molecule has 0 atom stereocenters. The smallest absolute Gasteiger partial charge is 0.408 e. The maximum absolute atomic E-state index is 12.8. The summed E-state index contributed by atoms with van der Waals surface area (Å²) in [5.74, 6) is 5.26. The molecule has 19 heavy (non-hydrogen) atoms. The summed E-state index contributed by atoms with van der Waals surface area (Å²) in [6.07, 6.45) is -0.514. The van der Waals surface area contributed by atoms with E-state index in [1.165, 1.54) is 12.1 Å². The van der Waals surface area contributed by atoms with Gasteiger partial charge < -0.3 is 10.1 Å². The first-order chi connectivity index (χ1) is 8.78. The van der Waals surface area contributed by atoms with Gasteiger partial charge in [-0.3, -0.25) is 0 Å². The highest BCUT2D eigenvalue weighted by Gasteiger charge is 2.14. The lowest BCUT2D eigenvalue weighted by molar-refractivity contribution is 0.0535. The molecule has 1 N–H and O–H groups in total. The maximum Gasteiger partial charge on any atom is 0.408 e. The molecule has 1 rings (SSSR count). The summed E-state index contributed by atoms with van der Waals surface area (Å²) in [6, 6.07) is 4.24. The van der Waals surface area contributed by atoms with E-state index in [9.17, 15) is 9.18 Å². The van der Waals surface area contributed by atoms with Crippen molar-refractivity contribution in [1.29, 1.82) is 0 Å². The zero-order valence-electron chi connectivity index (χ0n) is 11.0. The van der Waals surface area contributed by atoms with Crippen molar-refractivity contribution in [3.63, 3.8) is 0 Å².